The zero-order valence-electron chi connectivity index (χ0n) is 16.1. The topological polar surface area (TPSA) is 109 Å². The Hall–Kier alpha value is -2.94. The number of nitrogens with one attached hydrogen (secondary N) is 2. The van der Waals surface area contributed by atoms with E-state index >= 15 is 0 Å². The molecule has 3 heterocycles. The number of aromatic nitrogens is 3. The molecule has 9 nitrogen and oxygen atoms in total. The van der Waals surface area contributed by atoms with Crippen LogP contribution in [0.2, 0.25) is 0 Å². The molecule has 0 aliphatic carbocycles. The highest BCUT2D eigenvalue weighted by molar-refractivity contribution is 6.04. The zero-order chi connectivity index (χ0) is 20.1. The molecule has 2 N–H and O–H groups in total. The standard InChI is InChI=1S/C19H25N5O4/c1-4-16(25)24-7-5-6-13(10-24)28-15-9-21-18-17(23-15)14(8-20-18)19(26)22-12(2)11-27-3/h4,8-9,12-13H,1,5-7,10-11H2,2-3H3,(H,20,21)(H,22,26)/t12?,13-/m1/s1. The van der Waals surface area contributed by atoms with E-state index in [0.717, 1.165) is 12.8 Å². The van der Waals surface area contributed by atoms with Gasteiger partial charge in [-0.2, -0.15) is 0 Å². The Kier molecular flexibility index (Phi) is 6.25. The number of carbonyl (C=O) groups is 2. The molecule has 9 heteroatoms. The fourth-order valence-corrected chi connectivity index (χ4v) is 3.23. The largest absolute Gasteiger partial charge is 0.471 e. The number of rotatable bonds is 7. The minimum atomic E-state index is -0.261. The first kappa shape index (κ1) is 19.8. The molecule has 2 amide bonds. The lowest BCUT2D eigenvalue weighted by Gasteiger charge is -2.31. The summed E-state index contributed by atoms with van der Waals surface area (Å²) in [5.41, 5.74) is 1.33. The van der Waals surface area contributed by atoms with Gasteiger partial charge in [-0.3, -0.25) is 9.59 Å². The van der Waals surface area contributed by atoms with Gasteiger partial charge in [0.1, 0.15) is 11.6 Å². The van der Waals surface area contributed by atoms with Crippen LogP contribution in [0.4, 0.5) is 0 Å². The molecular weight excluding hydrogens is 362 g/mol. The van der Waals surface area contributed by atoms with E-state index in [0.29, 0.717) is 42.3 Å². The highest BCUT2D eigenvalue weighted by atomic mass is 16.5. The number of methoxy groups -OCH3 is 1. The van der Waals surface area contributed by atoms with E-state index < -0.39 is 0 Å². The first-order valence-corrected chi connectivity index (χ1v) is 9.23. The second-order valence-corrected chi connectivity index (χ2v) is 6.81. The van der Waals surface area contributed by atoms with Gasteiger partial charge in [0.2, 0.25) is 11.8 Å². The predicted octanol–water partition coefficient (Wildman–Crippen LogP) is 1.28. The highest BCUT2D eigenvalue weighted by Crippen LogP contribution is 2.21. The van der Waals surface area contributed by atoms with Gasteiger partial charge in [0, 0.05) is 25.9 Å². The summed E-state index contributed by atoms with van der Waals surface area (Å²) in [6, 6.07) is -0.134. The first-order chi connectivity index (χ1) is 13.5. The van der Waals surface area contributed by atoms with Crippen LogP contribution in [0.3, 0.4) is 0 Å². The van der Waals surface area contributed by atoms with Crippen molar-refractivity contribution in [2.45, 2.75) is 31.9 Å². The van der Waals surface area contributed by atoms with Gasteiger partial charge in [-0.25, -0.2) is 9.97 Å². The van der Waals surface area contributed by atoms with E-state index in [1.807, 2.05) is 6.92 Å². The number of nitrogens with zero attached hydrogens (tertiary/aromatic N) is 3. The van der Waals surface area contributed by atoms with Gasteiger partial charge in [-0.05, 0) is 25.8 Å². The van der Waals surface area contributed by atoms with Gasteiger partial charge < -0.3 is 24.7 Å². The number of aromatic amines is 1. The summed E-state index contributed by atoms with van der Waals surface area (Å²) in [6.07, 6.45) is 5.88. The molecule has 1 unspecified atom stereocenters. The van der Waals surface area contributed by atoms with Crippen LogP contribution in [0.1, 0.15) is 30.1 Å². The smallest absolute Gasteiger partial charge is 0.255 e. The Balaban J connectivity index is 1.74. The fraction of sp³-hybridized carbons (Fsp3) is 0.474. The Morgan fingerprint density at radius 2 is 2.36 bits per heavy atom. The summed E-state index contributed by atoms with van der Waals surface area (Å²) in [7, 11) is 1.58. The molecular formula is C19H25N5O4. The van der Waals surface area contributed by atoms with E-state index in [1.54, 1.807) is 18.2 Å². The van der Waals surface area contributed by atoms with E-state index in [-0.39, 0.29) is 24.0 Å². The number of ether oxygens (including phenoxy) is 2. The van der Waals surface area contributed by atoms with Crippen molar-refractivity contribution in [2.24, 2.45) is 0 Å². The van der Waals surface area contributed by atoms with Gasteiger partial charge in [0.15, 0.2) is 5.65 Å². The van der Waals surface area contributed by atoms with Crippen LogP contribution in [-0.4, -0.2) is 70.6 Å². The zero-order valence-corrected chi connectivity index (χ0v) is 16.1. The van der Waals surface area contributed by atoms with Crippen molar-refractivity contribution in [2.75, 3.05) is 26.8 Å². The molecule has 3 rings (SSSR count). The quantitative estimate of drug-likeness (QED) is 0.693. The van der Waals surface area contributed by atoms with Crippen LogP contribution in [0, 0.1) is 0 Å². The predicted molar refractivity (Wildman–Crippen MR) is 103 cm³/mol. The minimum absolute atomic E-state index is 0.107. The number of hydrogen-bond acceptors (Lipinski definition) is 6. The number of carbonyl (C=O) groups excluding carboxylic acids is 2. The molecule has 28 heavy (non-hydrogen) atoms. The molecule has 0 radical (unpaired) electrons. The van der Waals surface area contributed by atoms with Crippen LogP contribution in [0.5, 0.6) is 5.88 Å². The molecule has 0 saturated carbocycles. The van der Waals surface area contributed by atoms with Crippen molar-refractivity contribution in [3.8, 4) is 5.88 Å². The fourth-order valence-electron chi connectivity index (χ4n) is 3.23. The van der Waals surface area contributed by atoms with Crippen LogP contribution < -0.4 is 10.1 Å². The normalized spacial score (nSPS) is 17.9. The number of amides is 2. The summed E-state index contributed by atoms with van der Waals surface area (Å²) >= 11 is 0. The van der Waals surface area contributed by atoms with Gasteiger partial charge in [-0.1, -0.05) is 6.58 Å². The molecule has 2 aromatic rings. The summed E-state index contributed by atoms with van der Waals surface area (Å²) in [5.74, 6) is -0.0451. The maximum atomic E-state index is 12.5. The van der Waals surface area contributed by atoms with E-state index in [9.17, 15) is 9.59 Å². The van der Waals surface area contributed by atoms with E-state index in [1.165, 1.54) is 12.3 Å². The minimum Gasteiger partial charge on any atom is -0.471 e. The lowest BCUT2D eigenvalue weighted by molar-refractivity contribution is -0.128. The molecule has 0 aromatic carbocycles. The third-order valence-corrected chi connectivity index (χ3v) is 4.55. The van der Waals surface area contributed by atoms with Gasteiger partial charge in [-0.15, -0.1) is 0 Å². The number of piperidine rings is 1. The molecule has 0 bridgehead atoms. The number of hydrogen-bond donors (Lipinski definition) is 2. The molecule has 1 aliphatic rings. The lowest BCUT2D eigenvalue weighted by atomic mass is 10.1. The SMILES string of the molecule is C=CC(=O)N1CCC[C@@H](Oc2cnc3[nH]cc(C(=O)NC(C)COC)c3n2)C1. The summed E-state index contributed by atoms with van der Waals surface area (Å²) in [5, 5.41) is 2.85. The summed E-state index contributed by atoms with van der Waals surface area (Å²) < 4.78 is 11.0. The van der Waals surface area contributed by atoms with Crippen LogP contribution in [0.25, 0.3) is 11.2 Å². The second-order valence-electron chi connectivity index (χ2n) is 6.81. The van der Waals surface area contributed by atoms with Crippen molar-refractivity contribution in [1.82, 2.24) is 25.2 Å². The van der Waals surface area contributed by atoms with E-state index in [2.05, 4.69) is 26.8 Å². The Morgan fingerprint density at radius 1 is 1.54 bits per heavy atom. The summed E-state index contributed by atoms with van der Waals surface area (Å²) in [6.45, 7) is 6.96. The second kappa shape index (κ2) is 8.83. The first-order valence-electron chi connectivity index (χ1n) is 9.23. The highest BCUT2D eigenvalue weighted by Gasteiger charge is 2.24. The van der Waals surface area contributed by atoms with Crippen molar-refractivity contribution < 1.29 is 19.1 Å². The van der Waals surface area contributed by atoms with Crippen molar-refractivity contribution >= 4 is 23.0 Å². The van der Waals surface area contributed by atoms with Crippen molar-refractivity contribution in [3.63, 3.8) is 0 Å². The number of likely N-dealkylation sites (tertiary alicyclic amines) is 1. The molecule has 150 valence electrons. The molecule has 2 aromatic heterocycles. The Morgan fingerprint density at radius 3 is 3.11 bits per heavy atom. The van der Waals surface area contributed by atoms with Crippen LogP contribution in [0.15, 0.2) is 25.0 Å². The maximum Gasteiger partial charge on any atom is 0.255 e. The molecule has 1 saturated heterocycles. The number of H-pyrrole nitrogens is 1. The third kappa shape index (κ3) is 4.48. The molecule has 0 spiro atoms. The Bertz CT molecular complexity index is 865. The van der Waals surface area contributed by atoms with Gasteiger partial charge in [0.05, 0.1) is 24.9 Å². The number of fused-ring (bicyclic) bond motifs is 1. The van der Waals surface area contributed by atoms with Gasteiger partial charge in [0.25, 0.3) is 5.91 Å². The average Bonchev–Trinajstić information content (AvgIpc) is 3.11. The van der Waals surface area contributed by atoms with Crippen LogP contribution in [-0.2, 0) is 9.53 Å². The monoisotopic (exact) mass is 387 g/mol. The maximum absolute atomic E-state index is 12.5. The Labute approximate surface area is 163 Å². The molecule has 1 aliphatic heterocycles. The van der Waals surface area contributed by atoms with Gasteiger partial charge >= 0.3 is 0 Å². The van der Waals surface area contributed by atoms with E-state index in [4.69, 9.17) is 9.47 Å². The van der Waals surface area contributed by atoms with Crippen molar-refractivity contribution in [1.29, 1.82) is 0 Å². The van der Waals surface area contributed by atoms with Crippen molar-refractivity contribution in [3.05, 3.63) is 30.6 Å². The average molecular weight is 387 g/mol. The third-order valence-electron chi connectivity index (χ3n) is 4.55. The lowest BCUT2D eigenvalue weighted by Crippen LogP contribution is -2.43. The van der Waals surface area contributed by atoms with Crippen LogP contribution >= 0.6 is 0 Å². The molecule has 2 atom stereocenters. The molecule has 1 fully saturated rings. The summed E-state index contributed by atoms with van der Waals surface area (Å²) in [4.78, 5) is 37.7.